The van der Waals surface area contributed by atoms with Gasteiger partial charge in [-0.2, -0.15) is 0 Å². The first-order valence-corrected chi connectivity index (χ1v) is 10.3. The molecule has 0 atom stereocenters. The Balaban J connectivity index is 2.24. The summed E-state index contributed by atoms with van der Waals surface area (Å²) >= 11 is 0. The van der Waals surface area contributed by atoms with Crippen molar-refractivity contribution < 1.29 is 22.4 Å². The number of hydrogen-bond donors (Lipinski definition) is 1. The number of ether oxygens (including phenoxy) is 1. The molecule has 0 spiro atoms. The van der Waals surface area contributed by atoms with Crippen molar-refractivity contribution in [2.24, 2.45) is 0 Å². The summed E-state index contributed by atoms with van der Waals surface area (Å²) < 4.78 is 34.2. The van der Waals surface area contributed by atoms with Gasteiger partial charge in [0.1, 0.15) is 5.60 Å². The fraction of sp³-hybridized carbons (Fsp3) is 0.812. The molecule has 1 heterocycles. The Labute approximate surface area is 149 Å². The number of carbonyl (C=O) groups is 1. The number of alkyl carbamates (subject to hydrolysis) is 1. The highest BCUT2D eigenvalue weighted by Gasteiger charge is 2.21. The first-order valence-electron chi connectivity index (χ1n) is 8.66. The van der Waals surface area contributed by atoms with Gasteiger partial charge in [-0.1, -0.05) is 24.9 Å². The van der Waals surface area contributed by atoms with E-state index in [2.05, 4.69) is 15.5 Å². The van der Waals surface area contributed by atoms with E-state index in [1.807, 2.05) is 27.7 Å². The summed E-state index contributed by atoms with van der Waals surface area (Å²) in [6.45, 7) is 7.89. The summed E-state index contributed by atoms with van der Waals surface area (Å²) in [5.74, 6) is 0.358. The van der Waals surface area contributed by atoms with E-state index in [1.165, 1.54) is 0 Å². The maximum absolute atomic E-state index is 11.9. The third-order valence-corrected chi connectivity index (χ3v) is 4.74. The molecular weight excluding hydrogens is 346 g/mol. The third kappa shape index (κ3) is 8.85. The van der Waals surface area contributed by atoms with Crippen LogP contribution in [0.2, 0.25) is 0 Å². The lowest BCUT2D eigenvalue weighted by Crippen LogP contribution is -2.32. The lowest BCUT2D eigenvalue weighted by Gasteiger charge is -2.19. The number of amides is 1. The number of hydrogen-bond acceptors (Lipinski definition) is 7. The highest BCUT2D eigenvalue weighted by Crippen LogP contribution is 2.13. The normalized spacial score (nSPS) is 12.2. The van der Waals surface area contributed by atoms with Gasteiger partial charge in [0, 0.05) is 13.0 Å². The summed E-state index contributed by atoms with van der Waals surface area (Å²) in [6.07, 6.45) is 3.86. The lowest BCUT2D eigenvalue weighted by atomic mass is 10.2. The van der Waals surface area contributed by atoms with E-state index < -0.39 is 21.5 Å². The Bertz CT molecular complexity index is 634. The van der Waals surface area contributed by atoms with Crippen LogP contribution in [0.25, 0.3) is 0 Å². The quantitative estimate of drug-likeness (QED) is 0.626. The Morgan fingerprint density at radius 1 is 1.16 bits per heavy atom. The first kappa shape index (κ1) is 21.4. The molecule has 8 nitrogen and oxygen atoms in total. The van der Waals surface area contributed by atoms with Gasteiger partial charge in [-0.3, -0.25) is 0 Å². The summed E-state index contributed by atoms with van der Waals surface area (Å²) in [5.41, 5.74) is -0.503. The van der Waals surface area contributed by atoms with Crippen LogP contribution in [0.4, 0.5) is 4.79 Å². The SMILES string of the molecule is CCCCS(=O)(=O)c1nnc(CCCCCNC(=O)OC(C)(C)C)o1. The minimum atomic E-state index is -3.47. The molecule has 0 fully saturated rings. The molecule has 1 rings (SSSR count). The lowest BCUT2D eigenvalue weighted by molar-refractivity contribution is 0.0527. The zero-order chi connectivity index (χ0) is 18.9. The van der Waals surface area contributed by atoms with E-state index in [4.69, 9.17) is 9.15 Å². The molecule has 1 aromatic rings. The van der Waals surface area contributed by atoms with Crippen LogP contribution in [0.3, 0.4) is 0 Å². The molecule has 0 radical (unpaired) electrons. The van der Waals surface area contributed by atoms with Crippen LogP contribution in [0.1, 0.15) is 65.7 Å². The van der Waals surface area contributed by atoms with Crippen LogP contribution >= 0.6 is 0 Å². The molecule has 0 unspecified atom stereocenters. The minimum Gasteiger partial charge on any atom is -0.444 e. The smallest absolute Gasteiger partial charge is 0.407 e. The van der Waals surface area contributed by atoms with Gasteiger partial charge in [-0.25, -0.2) is 13.2 Å². The number of rotatable bonds is 10. The second-order valence-electron chi connectivity index (χ2n) is 6.87. The monoisotopic (exact) mass is 375 g/mol. The highest BCUT2D eigenvalue weighted by molar-refractivity contribution is 7.91. The topological polar surface area (TPSA) is 111 Å². The molecule has 0 aromatic carbocycles. The van der Waals surface area contributed by atoms with Crippen LogP contribution in [0.15, 0.2) is 9.64 Å². The largest absolute Gasteiger partial charge is 0.444 e. The van der Waals surface area contributed by atoms with Crippen molar-refractivity contribution in [1.29, 1.82) is 0 Å². The maximum atomic E-state index is 11.9. The number of carbonyl (C=O) groups excluding carboxylic acids is 1. The van der Waals surface area contributed by atoms with Crippen molar-refractivity contribution in [3.8, 4) is 0 Å². The summed E-state index contributed by atoms with van der Waals surface area (Å²) in [5, 5.41) is 9.83. The van der Waals surface area contributed by atoms with Crippen LogP contribution < -0.4 is 5.32 Å². The molecule has 0 saturated carbocycles. The molecule has 0 aliphatic rings. The van der Waals surface area contributed by atoms with Gasteiger partial charge in [0.2, 0.25) is 15.7 Å². The van der Waals surface area contributed by atoms with E-state index in [-0.39, 0.29) is 11.0 Å². The summed E-state index contributed by atoms with van der Waals surface area (Å²) in [7, 11) is -3.47. The van der Waals surface area contributed by atoms with E-state index in [0.29, 0.717) is 25.3 Å². The fourth-order valence-corrected chi connectivity index (χ4v) is 3.20. The molecule has 144 valence electrons. The molecule has 0 bridgehead atoms. The zero-order valence-corrected chi connectivity index (χ0v) is 16.3. The second kappa shape index (κ2) is 9.74. The Hall–Kier alpha value is -1.64. The Kier molecular flexibility index (Phi) is 8.34. The van der Waals surface area contributed by atoms with Crippen molar-refractivity contribution in [1.82, 2.24) is 15.5 Å². The highest BCUT2D eigenvalue weighted by atomic mass is 32.2. The number of aryl methyl sites for hydroxylation is 1. The Morgan fingerprint density at radius 3 is 2.52 bits per heavy atom. The molecule has 0 aliphatic carbocycles. The van der Waals surface area contributed by atoms with Gasteiger partial charge >= 0.3 is 11.3 Å². The predicted octanol–water partition coefficient (Wildman–Crippen LogP) is 2.88. The third-order valence-electron chi connectivity index (χ3n) is 3.22. The van der Waals surface area contributed by atoms with Crippen molar-refractivity contribution >= 4 is 15.9 Å². The number of nitrogens with one attached hydrogen (secondary N) is 1. The first-order chi connectivity index (χ1) is 11.6. The fourth-order valence-electron chi connectivity index (χ4n) is 1.97. The maximum Gasteiger partial charge on any atom is 0.407 e. The molecule has 1 aromatic heterocycles. The van der Waals surface area contributed by atoms with E-state index in [1.54, 1.807) is 0 Å². The standard InChI is InChI=1S/C16H29N3O5S/c1-5-6-12-25(21,22)15-19-18-13(23-15)10-8-7-9-11-17-14(20)24-16(2,3)4/h5-12H2,1-4H3,(H,17,20). The molecule has 1 N–H and O–H groups in total. The van der Waals surface area contributed by atoms with Crippen molar-refractivity contribution in [3.63, 3.8) is 0 Å². The number of nitrogens with zero attached hydrogens (tertiary/aromatic N) is 2. The van der Waals surface area contributed by atoms with Crippen molar-refractivity contribution in [3.05, 3.63) is 5.89 Å². The van der Waals surface area contributed by atoms with Gasteiger partial charge in [0.25, 0.3) is 0 Å². The minimum absolute atomic E-state index is 0.0292. The van der Waals surface area contributed by atoms with Gasteiger partial charge in [0.05, 0.1) is 5.75 Å². The van der Waals surface area contributed by atoms with Crippen molar-refractivity contribution in [2.75, 3.05) is 12.3 Å². The second-order valence-corrected chi connectivity index (χ2v) is 8.86. The van der Waals surface area contributed by atoms with Gasteiger partial charge < -0.3 is 14.5 Å². The van der Waals surface area contributed by atoms with Crippen LogP contribution in [0.5, 0.6) is 0 Å². The predicted molar refractivity (Wildman–Crippen MR) is 93.1 cm³/mol. The summed E-state index contributed by atoms with van der Waals surface area (Å²) in [6, 6.07) is 0. The van der Waals surface area contributed by atoms with Gasteiger partial charge in [-0.05, 0) is 40.0 Å². The molecular formula is C16H29N3O5S. The number of sulfone groups is 1. The van der Waals surface area contributed by atoms with E-state index >= 15 is 0 Å². The molecule has 25 heavy (non-hydrogen) atoms. The van der Waals surface area contributed by atoms with Crippen LogP contribution in [-0.2, 0) is 21.0 Å². The van der Waals surface area contributed by atoms with E-state index in [9.17, 15) is 13.2 Å². The Morgan fingerprint density at radius 2 is 1.88 bits per heavy atom. The molecule has 0 aliphatic heterocycles. The summed E-state index contributed by atoms with van der Waals surface area (Å²) in [4.78, 5) is 11.5. The average molecular weight is 375 g/mol. The van der Waals surface area contributed by atoms with Gasteiger partial charge in [0.15, 0.2) is 0 Å². The average Bonchev–Trinajstić information content (AvgIpc) is 2.96. The molecule has 1 amide bonds. The number of aromatic nitrogens is 2. The van der Waals surface area contributed by atoms with Crippen molar-refractivity contribution in [2.45, 2.75) is 77.0 Å². The number of unbranched alkanes of at least 4 members (excludes halogenated alkanes) is 3. The van der Waals surface area contributed by atoms with Gasteiger partial charge in [-0.15, -0.1) is 5.10 Å². The van der Waals surface area contributed by atoms with Crippen LogP contribution in [0, 0.1) is 0 Å². The molecule has 0 saturated heterocycles. The molecule has 9 heteroatoms. The zero-order valence-electron chi connectivity index (χ0n) is 15.5. The van der Waals surface area contributed by atoms with Crippen LogP contribution in [-0.4, -0.2) is 42.6 Å². The van der Waals surface area contributed by atoms with E-state index in [0.717, 1.165) is 25.7 Å².